The molecule has 0 radical (unpaired) electrons. The van der Waals surface area contributed by atoms with Crippen LogP contribution in [0.1, 0.15) is 31.2 Å². The zero-order valence-corrected chi connectivity index (χ0v) is 19.0. The summed E-state index contributed by atoms with van der Waals surface area (Å²) < 4.78 is 0. The molecule has 0 aromatic heterocycles. The van der Waals surface area contributed by atoms with Crippen molar-refractivity contribution in [3.8, 4) is 0 Å². The maximum atomic E-state index is 12.8. The van der Waals surface area contributed by atoms with Crippen molar-refractivity contribution in [3.63, 3.8) is 0 Å². The lowest BCUT2D eigenvalue weighted by atomic mass is 9.69. The largest absolute Gasteiger partial charge is 0.326 e. The van der Waals surface area contributed by atoms with Gasteiger partial charge in [-0.1, -0.05) is 48.5 Å². The van der Waals surface area contributed by atoms with Crippen LogP contribution >= 0.6 is 0 Å². The standard InChI is InChI=1S/C25H32N4O3/c1-28(2)25(20-10-6-4-7-11-20)16-14-24(19-30,15-17-25)27-23(32)29(3)18-22(31)26-21-12-8-5-9-13-21/h4-13,19H,14-18H2,1-3H3,(H,26,31)(H,27,32)/t24-,25+. The van der Waals surface area contributed by atoms with Crippen molar-refractivity contribution >= 4 is 23.9 Å². The molecule has 2 aromatic rings. The molecule has 0 saturated heterocycles. The summed E-state index contributed by atoms with van der Waals surface area (Å²) in [5.41, 5.74) is 0.768. The number of hydrogen-bond acceptors (Lipinski definition) is 4. The highest BCUT2D eigenvalue weighted by atomic mass is 16.2. The molecule has 2 N–H and O–H groups in total. The number of carbonyl (C=O) groups excluding carboxylic acids is 3. The Labute approximate surface area is 189 Å². The number of rotatable bonds is 7. The molecule has 2 aromatic carbocycles. The molecule has 1 fully saturated rings. The van der Waals surface area contributed by atoms with E-state index in [0.717, 1.165) is 19.1 Å². The molecule has 170 valence electrons. The highest BCUT2D eigenvalue weighted by molar-refractivity contribution is 5.94. The highest BCUT2D eigenvalue weighted by Crippen LogP contribution is 2.44. The lowest BCUT2D eigenvalue weighted by molar-refractivity contribution is -0.116. The number of carbonyl (C=O) groups is 3. The smallest absolute Gasteiger partial charge is 0.318 e. The third-order valence-corrected chi connectivity index (χ3v) is 6.50. The minimum absolute atomic E-state index is 0.110. The minimum Gasteiger partial charge on any atom is -0.326 e. The van der Waals surface area contributed by atoms with E-state index in [1.54, 1.807) is 19.2 Å². The van der Waals surface area contributed by atoms with Gasteiger partial charge in [-0.05, 0) is 57.5 Å². The van der Waals surface area contributed by atoms with Gasteiger partial charge in [-0.3, -0.25) is 9.69 Å². The predicted octanol–water partition coefficient (Wildman–Crippen LogP) is 3.24. The second kappa shape index (κ2) is 9.96. The number of likely N-dealkylation sites (N-methyl/N-ethyl adjacent to an activating group) is 1. The van der Waals surface area contributed by atoms with E-state index in [0.29, 0.717) is 18.5 Å². The topological polar surface area (TPSA) is 81.8 Å². The zero-order valence-electron chi connectivity index (χ0n) is 19.0. The summed E-state index contributed by atoms with van der Waals surface area (Å²) in [6.07, 6.45) is 3.38. The fraction of sp³-hybridized carbons (Fsp3) is 0.400. The van der Waals surface area contributed by atoms with Crippen LogP contribution in [-0.2, 0) is 15.1 Å². The fourth-order valence-corrected chi connectivity index (χ4v) is 4.44. The Morgan fingerprint density at radius 3 is 2.00 bits per heavy atom. The first-order valence-electron chi connectivity index (χ1n) is 10.9. The normalized spacial score (nSPS) is 22.8. The van der Waals surface area contributed by atoms with E-state index in [4.69, 9.17) is 0 Å². The first-order valence-corrected chi connectivity index (χ1v) is 10.9. The molecule has 0 unspecified atom stereocenters. The van der Waals surface area contributed by atoms with Crippen LogP contribution in [0.3, 0.4) is 0 Å². The predicted molar refractivity (Wildman–Crippen MR) is 125 cm³/mol. The summed E-state index contributed by atoms with van der Waals surface area (Å²) in [6.45, 7) is -0.110. The summed E-state index contributed by atoms with van der Waals surface area (Å²) in [4.78, 5) is 40.7. The van der Waals surface area contributed by atoms with Crippen LogP contribution in [0.4, 0.5) is 10.5 Å². The van der Waals surface area contributed by atoms with E-state index in [2.05, 4.69) is 41.8 Å². The van der Waals surface area contributed by atoms with Crippen molar-refractivity contribution in [3.05, 3.63) is 66.2 Å². The second-order valence-electron chi connectivity index (χ2n) is 8.77. The summed E-state index contributed by atoms with van der Waals surface area (Å²) in [6, 6.07) is 18.9. The van der Waals surface area contributed by atoms with Gasteiger partial charge in [0.2, 0.25) is 5.91 Å². The van der Waals surface area contributed by atoms with Gasteiger partial charge in [-0.25, -0.2) is 4.79 Å². The number of aldehydes is 1. The number of benzene rings is 2. The molecule has 1 saturated carbocycles. The van der Waals surface area contributed by atoms with Gasteiger partial charge in [-0.15, -0.1) is 0 Å². The molecule has 0 atom stereocenters. The molecule has 7 heteroatoms. The minimum atomic E-state index is -0.935. The summed E-state index contributed by atoms with van der Waals surface area (Å²) >= 11 is 0. The monoisotopic (exact) mass is 436 g/mol. The van der Waals surface area contributed by atoms with Crippen molar-refractivity contribution in [2.24, 2.45) is 0 Å². The summed E-state index contributed by atoms with van der Waals surface area (Å²) in [5, 5.41) is 5.66. The van der Waals surface area contributed by atoms with Gasteiger partial charge in [0.15, 0.2) is 0 Å². The molecular formula is C25H32N4O3. The lowest BCUT2D eigenvalue weighted by Gasteiger charge is -2.48. The molecule has 0 bridgehead atoms. The number of anilines is 1. The van der Waals surface area contributed by atoms with Gasteiger partial charge in [0.1, 0.15) is 12.8 Å². The van der Waals surface area contributed by atoms with Crippen LogP contribution < -0.4 is 10.6 Å². The van der Waals surface area contributed by atoms with Crippen LogP contribution in [0.25, 0.3) is 0 Å². The number of nitrogens with zero attached hydrogens (tertiary/aromatic N) is 2. The number of urea groups is 1. The van der Waals surface area contributed by atoms with Gasteiger partial charge in [-0.2, -0.15) is 0 Å². The van der Waals surface area contributed by atoms with Crippen LogP contribution in [-0.4, -0.2) is 61.3 Å². The SMILES string of the molecule is CN(CC(=O)Nc1ccccc1)C(=O)N[C@]1(C=O)CC[C@](c2ccccc2)(N(C)C)CC1. The van der Waals surface area contributed by atoms with E-state index in [9.17, 15) is 14.4 Å². The lowest BCUT2D eigenvalue weighted by Crippen LogP contribution is -2.59. The van der Waals surface area contributed by atoms with Crippen molar-refractivity contribution in [1.29, 1.82) is 0 Å². The van der Waals surface area contributed by atoms with E-state index in [1.165, 1.54) is 10.5 Å². The van der Waals surface area contributed by atoms with E-state index >= 15 is 0 Å². The maximum Gasteiger partial charge on any atom is 0.318 e. The Hall–Kier alpha value is -3.19. The molecule has 1 aliphatic rings. The average molecular weight is 437 g/mol. The molecule has 3 amide bonds. The van der Waals surface area contributed by atoms with E-state index in [1.807, 2.05) is 36.4 Å². The Balaban J connectivity index is 1.62. The summed E-state index contributed by atoms with van der Waals surface area (Å²) in [7, 11) is 5.66. The number of nitrogens with one attached hydrogen (secondary N) is 2. The molecule has 0 spiro atoms. The first-order chi connectivity index (χ1) is 15.3. The van der Waals surface area contributed by atoms with Crippen molar-refractivity contribution in [2.45, 2.75) is 36.8 Å². The van der Waals surface area contributed by atoms with Crippen molar-refractivity contribution in [2.75, 3.05) is 33.0 Å². The van der Waals surface area contributed by atoms with Gasteiger partial charge in [0.25, 0.3) is 0 Å². The van der Waals surface area contributed by atoms with Gasteiger partial charge >= 0.3 is 6.03 Å². The third kappa shape index (κ3) is 5.16. The number of hydrogen-bond donors (Lipinski definition) is 2. The Morgan fingerprint density at radius 2 is 1.47 bits per heavy atom. The molecule has 0 aliphatic heterocycles. The van der Waals surface area contributed by atoms with E-state index in [-0.39, 0.29) is 18.0 Å². The zero-order chi connectivity index (χ0) is 23.2. The fourth-order valence-electron chi connectivity index (χ4n) is 4.44. The van der Waals surface area contributed by atoms with Gasteiger partial charge < -0.3 is 20.3 Å². The van der Waals surface area contributed by atoms with Crippen LogP contribution in [0.2, 0.25) is 0 Å². The highest BCUT2D eigenvalue weighted by Gasteiger charge is 2.46. The van der Waals surface area contributed by atoms with Gasteiger partial charge in [0.05, 0.1) is 5.54 Å². The van der Waals surface area contributed by atoms with Crippen LogP contribution in [0.15, 0.2) is 60.7 Å². The van der Waals surface area contributed by atoms with Gasteiger partial charge in [0, 0.05) is 18.3 Å². The number of para-hydroxylation sites is 1. The average Bonchev–Trinajstić information content (AvgIpc) is 2.80. The summed E-state index contributed by atoms with van der Waals surface area (Å²) in [5.74, 6) is -0.298. The Morgan fingerprint density at radius 1 is 0.906 bits per heavy atom. The van der Waals surface area contributed by atoms with Crippen molar-refractivity contribution in [1.82, 2.24) is 15.1 Å². The van der Waals surface area contributed by atoms with Crippen LogP contribution in [0.5, 0.6) is 0 Å². The molecule has 32 heavy (non-hydrogen) atoms. The maximum absolute atomic E-state index is 12.8. The quantitative estimate of drug-likeness (QED) is 0.653. The third-order valence-electron chi connectivity index (χ3n) is 6.50. The second-order valence-corrected chi connectivity index (χ2v) is 8.77. The molecule has 3 rings (SSSR count). The van der Waals surface area contributed by atoms with E-state index < -0.39 is 11.6 Å². The molecule has 1 aliphatic carbocycles. The molecule has 7 nitrogen and oxygen atoms in total. The molecular weight excluding hydrogens is 404 g/mol. The van der Waals surface area contributed by atoms with Crippen molar-refractivity contribution < 1.29 is 14.4 Å². The first kappa shape index (κ1) is 23.5. The molecule has 0 heterocycles. The Bertz CT molecular complexity index is 923. The number of amides is 3. The van der Waals surface area contributed by atoms with Crippen LogP contribution in [0, 0.1) is 0 Å². The Kier molecular flexibility index (Phi) is 7.30.